The number of alkyl carbamates (subject to hydrolysis) is 1. The maximum absolute atomic E-state index is 11.8. The Kier molecular flexibility index (Phi) is 7.21. The predicted molar refractivity (Wildman–Crippen MR) is 123 cm³/mol. The molecule has 2 N–H and O–H groups in total. The van der Waals surface area contributed by atoms with Crippen LogP contribution in [-0.4, -0.2) is 33.3 Å². The molecule has 0 radical (unpaired) electrons. The summed E-state index contributed by atoms with van der Waals surface area (Å²) in [7, 11) is 0. The van der Waals surface area contributed by atoms with Crippen LogP contribution in [-0.2, 0) is 17.8 Å². The molecular formula is C25H25N5O2. The van der Waals surface area contributed by atoms with Crippen LogP contribution in [0.15, 0.2) is 78.9 Å². The number of nitrogens with zero attached hydrogens (tertiary/aromatic N) is 3. The van der Waals surface area contributed by atoms with E-state index < -0.39 is 0 Å². The van der Waals surface area contributed by atoms with Crippen molar-refractivity contribution >= 4 is 6.09 Å². The predicted octanol–water partition coefficient (Wildman–Crippen LogP) is 4.78. The van der Waals surface area contributed by atoms with Crippen molar-refractivity contribution in [1.82, 2.24) is 25.9 Å². The third-order valence-corrected chi connectivity index (χ3v) is 5.15. The van der Waals surface area contributed by atoms with Crippen LogP contribution < -0.4 is 5.32 Å². The van der Waals surface area contributed by atoms with E-state index in [9.17, 15) is 4.79 Å². The molecule has 0 spiro atoms. The fourth-order valence-electron chi connectivity index (χ4n) is 3.48. The number of hydrogen-bond donors (Lipinski definition) is 2. The minimum Gasteiger partial charge on any atom is -0.445 e. The van der Waals surface area contributed by atoms with E-state index in [1.165, 1.54) is 5.56 Å². The molecule has 1 amide bonds. The number of carbonyl (C=O) groups excluding carboxylic acids is 1. The number of aryl methyl sites for hydroxylation is 1. The lowest BCUT2D eigenvalue weighted by atomic mass is 9.97. The maximum atomic E-state index is 11.8. The zero-order chi connectivity index (χ0) is 22.0. The highest BCUT2D eigenvalue weighted by molar-refractivity contribution is 5.80. The van der Waals surface area contributed by atoms with Crippen molar-refractivity contribution in [3.8, 4) is 22.5 Å². The summed E-state index contributed by atoms with van der Waals surface area (Å²) in [5.74, 6) is 0.583. The van der Waals surface area contributed by atoms with Gasteiger partial charge in [-0.1, -0.05) is 78.9 Å². The van der Waals surface area contributed by atoms with E-state index in [1.54, 1.807) is 0 Å². The van der Waals surface area contributed by atoms with Crippen molar-refractivity contribution in [2.24, 2.45) is 0 Å². The lowest BCUT2D eigenvalue weighted by Crippen LogP contribution is -2.25. The topological polar surface area (TPSA) is 92.8 Å². The van der Waals surface area contributed by atoms with Gasteiger partial charge in [0.2, 0.25) is 5.82 Å². The van der Waals surface area contributed by atoms with Gasteiger partial charge in [0.25, 0.3) is 0 Å². The molecule has 0 atom stereocenters. The summed E-state index contributed by atoms with van der Waals surface area (Å²) in [4.78, 5) is 11.8. The quantitative estimate of drug-likeness (QED) is 0.375. The summed E-state index contributed by atoms with van der Waals surface area (Å²) >= 11 is 0. The zero-order valence-corrected chi connectivity index (χ0v) is 17.7. The second-order valence-corrected chi connectivity index (χ2v) is 7.42. The normalized spacial score (nSPS) is 10.6. The fourth-order valence-corrected chi connectivity index (χ4v) is 3.48. The van der Waals surface area contributed by atoms with Crippen LogP contribution in [0.2, 0.25) is 0 Å². The van der Waals surface area contributed by atoms with Crippen LogP contribution in [0.3, 0.4) is 0 Å². The number of tetrazole rings is 1. The van der Waals surface area contributed by atoms with Crippen LogP contribution in [0.5, 0.6) is 0 Å². The summed E-state index contributed by atoms with van der Waals surface area (Å²) in [5, 5.41) is 17.2. The molecule has 1 aromatic heterocycles. The smallest absolute Gasteiger partial charge is 0.407 e. The first-order chi connectivity index (χ1) is 15.8. The van der Waals surface area contributed by atoms with E-state index in [0.29, 0.717) is 12.4 Å². The van der Waals surface area contributed by atoms with Crippen molar-refractivity contribution < 1.29 is 9.53 Å². The van der Waals surface area contributed by atoms with Gasteiger partial charge in [-0.2, -0.15) is 5.21 Å². The Morgan fingerprint density at radius 3 is 2.34 bits per heavy atom. The van der Waals surface area contributed by atoms with Crippen molar-refractivity contribution in [3.63, 3.8) is 0 Å². The number of amides is 1. The van der Waals surface area contributed by atoms with Crippen molar-refractivity contribution in [1.29, 1.82) is 0 Å². The standard InChI is InChI=1S/C25H25N5O2/c31-25(32-18-20-9-2-1-3-10-20)26-17-7-6-8-19-13-15-21(16-14-19)22-11-4-5-12-23(22)24-27-29-30-28-24/h1-5,9-16H,6-8,17-18H2,(H,26,31)(H,27,28,29,30). The number of ether oxygens (including phenoxy) is 1. The molecule has 32 heavy (non-hydrogen) atoms. The number of hydrogen-bond acceptors (Lipinski definition) is 5. The Balaban J connectivity index is 1.21. The number of aromatic amines is 1. The monoisotopic (exact) mass is 427 g/mol. The highest BCUT2D eigenvalue weighted by Crippen LogP contribution is 2.29. The van der Waals surface area contributed by atoms with Crippen LogP contribution in [0.25, 0.3) is 22.5 Å². The van der Waals surface area contributed by atoms with Crippen LogP contribution in [0.1, 0.15) is 24.0 Å². The molecule has 162 valence electrons. The van der Waals surface area contributed by atoms with Crippen molar-refractivity contribution in [2.75, 3.05) is 6.54 Å². The molecule has 0 saturated heterocycles. The highest BCUT2D eigenvalue weighted by Gasteiger charge is 2.10. The van der Waals surface area contributed by atoms with E-state index in [4.69, 9.17) is 4.74 Å². The number of rotatable bonds is 9. The highest BCUT2D eigenvalue weighted by atomic mass is 16.5. The van der Waals surface area contributed by atoms with Gasteiger partial charge in [0.15, 0.2) is 0 Å². The fraction of sp³-hybridized carbons (Fsp3) is 0.200. The first-order valence-electron chi connectivity index (χ1n) is 10.7. The first kappa shape index (κ1) is 21.2. The lowest BCUT2D eigenvalue weighted by Gasteiger charge is -2.09. The molecule has 0 saturated carbocycles. The second kappa shape index (κ2) is 10.9. The molecule has 0 aliphatic rings. The van der Waals surface area contributed by atoms with E-state index >= 15 is 0 Å². The number of H-pyrrole nitrogens is 1. The summed E-state index contributed by atoms with van der Waals surface area (Å²) < 4.78 is 5.22. The third kappa shape index (κ3) is 5.78. The van der Waals surface area contributed by atoms with Gasteiger partial charge >= 0.3 is 6.09 Å². The Morgan fingerprint density at radius 2 is 1.59 bits per heavy atom. The summed E-state index contributed by atoms with van der Waals surface area (Å²) in [6.45, 7) is 0.888. The number of benzene rings is 3. The molecule has 0 fully saturated rings. The summed E-state index contributed by atoms with van der Waals surface area (Å²) in [6, 6.07) is 26.2. The Bertz CT molecular complexity index is 1110. The number of aromatic nitrogens is 4. The Labute approximate surface area is 186 Å². The molecule has 3 aromatic carbocycles. The van der Waals surface area contributed by atoms with Gasteiger partial charge in [-0.25, -0.2) is 4.79 Å². The van der Waals surface area contributed by atoms with Gasteiger partial charge in [0, 0.05) is 12.1 Å². The molecule has 0 aliphatic carbocycles. The Hall–Kier alpha value is -4.00. The van der Waals surface area contributed by atoms with Crippen LogP contribution in [0, 0.1) is 0 Å². The molecule has 0 aliphatic heterocycles. The van der Waals surface area contributed by atoms with Gasteiger partial charge in [0.1, 0.15) is 6.61 Å². The first-order valence-corrected chi connectivity index (χ1v) is 10.7. The van der Waals surface area contributed by atoms with Crippen molar-refractivity contribution in [3.05, 3.63) is 90.0 Å². The number of unbranched alkanes of at least 4 members (excludes halogenated alkanes) is 1. The lowest BCUT2D eigenvalue weighted by molar-refractivity contribution is 0.139. The van der Waals surface area contributed by atoms with E-state index in [-0.39, 0.29) is 12.7 Å². The molecule has 7 nitrogen and oxygen atoms in total. The minimum absolute atomic E-state index is 0.287. The second-order valence-electron chi connectivity index (χ2n) is 7.42. The van der Waals surface area contributed by atoms with Crippen molar-refractivity contribution in [2.45, 2.75) is 25.9 Å². The summed E-state index contributed by atoms with van der Waals surface area (Å²) in [6.07, 6.45) is 2.45. The largest absolute Gasteiger partial charge is 0.445 e. The van der Waals surface area contributed by atoms with Gasteiger partial charge < -0.3 is 10.1 Å². The van der Waals surface area contributed by atoms with Gasteiger partial charge in [-0.05, 0) is 46.7 Å². The Morgan fingerprint density at radius 1 is 0.844 bits per heavy atom. The number of carbonyl (C=O) groups is 1. The van der Waals surface area contributed by atoms with E-state index in [0.717, 1.165) is 41.5 Å². The maximum Gasteiger partial charge on any atom is 0.407 e. The molecule has 0 unspecified atom stereocenters. The van der Waals surface area contributed by atoms with E-state index in [2.05, 4.69) is 56.3 Å². The van der Waals surface area contributed by atoms with Crippen LogP contribution in [0.4, 0.5) is 4.79 Å². The minimum atomic E-state index is -0.376. The summed E-state index contributed by atoms with van der Waals surface area (Å²) in [5.41, 5.74) is 5.36. The average Bonchev–Trinajstić information content (AvgIpc) is 3.39. The van der Waals surface area contributed by atoms with E-state index in [1.807, 2.05) is 48.5 Å². The van der Waals surface area contributed by atoms with Gasteiger partial charge in [0.05, 0.1) is 0 Å². The molecule has 1 heterocycles. The van der Waals surface area contributed by atoms with Gasteiger partial charge in [-0.3, -0.25) is 0 Å². The molecule has 4 rings (SSSR count). The van der Waals surface area contributed by atoms with Gasteiger partial charge in [-0.15, -0.1) is 10.2 Å². The SMILES string of the molecule is O=C(NCCCCc1ccc(-c2ccccc2-c2nn[nH]n2)cc1)OCc1ccccc1. The molecule has 4 aromatic rings. The third-order valence-electron chi connectivity index (χ3n) is 5.15. The van der Waals surface area contributed by atoms with Crippen LogP contribution >= 0.6 is 0 Å². The molecule has 7 heteroatoms. The average molecular weight is 428 g/mol. The molecule has 0 bridgehead atoms. The zero-order valence-electron chi connectivity index (χ0n) is 17.7. The molecular weight excluding hydrogens is 402 g/mol. The number of nitrogens with one attached hydrogen (secondary N) is 2.